The number of rotatable bonds is 10. The van der Waals surface area contributed by atoms with E-state index in [-0.39, 0.29) is 11.9 Å². The summed E-state index contributed by atoms with van der Waals surface area (Å²) in [6, 6.07) is 10.3. The Labute approximate surface area is 156 Å². The Kier molecular flexibility index (Phi) is 7.90. The molecular formula is C17H23N5OS2. The van der Waals surface area contributed by atoms with Crippen LogP contribution >= 0.6 is 23.1 Å². The van der Waals surface area contributed by atoms with Crippen LogP contribution in [-0.2, 0) is 4.79 Å². The summed E-state index contributed by atoms with van der Waals surface area (Å²) in [5.74, 6) is 0.314. The van der Waals surface area contributed by atoms with Crippen LogP contribution < -0.4 is 10.6 Å². The number of hydrogen-bond acceptors (Lipinski definition) is 7. The number of aromatic nitrogens is 2. The van der Waals surface area contributed by atoms with E-state index < -0.39 is 0 Å². The average Bonchev–Trinajstić information content (AvgIpc) is 3.07. The van der Waals surface area contributed by atoms with Gasteiger partial charge in [-0.2, -0.15) is 0 Å². The van der Waals surface area contributed by atoms with Crippen LogP contribution in [0.4, 0.5) is 5.13 Å². The van der Waals surface area contributed by atoms with Crippen molar-refractivity contribution in [2.75, 3.05) is 38.3 Å². The molecule has 0 unspecified atom stereocenters. The molecule has 134 valence electrons. The Bertz CT molecular complexity index is 675. The van der Waals surface area contributed by atoms with Gasteiger partial charge in [-0.1, -0.05) is 59.5 Å². The zero-order valence-electron chi connectivity index (χ0n) is 14.4. The van der Waals surface area contributed by atoms with E-state index >= 15 is 0 Å². The lowest BCUT2D eigenvalue weighted by atomic mass is 10.1. The fraction of sp³-hybridized carbons (Fsp3) is 0.353. The van der Waals surface area contributed by atoms with E-state index in [0.717, 1.165) is 9.47 Å². The summed E-state index contributed by atoms with van der Waals surface area (Å²) in [6.45, 7) is 4.86. The predicted octanol–water partition coefficient (Wildman–Crippen LogP) is 2.65. The van der Waals surface area contributed by atoms with Gasteiger partial charge in [0.2, 0.25) is 11.0 Å². The van der Waals surface area contributed by atoms with Gasteiger partial charge in [-0.25, -0.2) is 0 Å². The average molecular weight is 378 g/mol. The number of benzene rings is 1. The first-order chi connectivity index (χ1) is 12.1. The zero-order valence-corrected chi connectivity index (χ0v) is 16.1. The van der Waals surface area contributed by atoms with Crippen LogP contribution in [-0.4, -0.2) is 53.9 Å². The van der Waals surface area contributed by atoms with Gasteiger partial charge in [0, 0.05) is 13.1 Å². The summed E-state index contributed by atoms with van der Waals surface area (Å²) in [4.78, 5) is 14.2. The summed E-state index contributed by atoms with van der Waals surface area (Å²) in [5.41, 5.74) is 1.18. The Balaban J connectivity index is 1.79. The third-order valence-corrected chi connectivity index (χ3v) is 5.45. The van der Waals surface area contributed by atoms with Crippen molar-refractivity contribution in [3.05, 3.63) is 48.6 Å². The Hall–Kier alpha value is -1.90. The molecule has 1 amide bonds. The molecule has 6 nitrogen and oxygen atoms in total. The molecule has 2 N–H and O–H groups in total. The Morgan fingerprint density at radius 3 is 2.80 bits per heavy atom. The highest BCUT2D eigenvalue weighted by Crippen LogP contribution is 2.25. The van der Waals surface area contributed by atoms with Crippen LogP contribution in [0.15, 0.2) is 47.3 Å². The zero-order chi connectivity index (χ0) is 18.1. The van der Waals surface area contributed by atoms with E-state index in [4.69, 9.17) is 0 Å². The third kappa shape index (κ3) is 6.49. The first kappa shape index (κ1) is 19.4. The number of hydrogen-bond donors (Lipinski definition) is 2. The number of amides is 1. The van der Waals surface area contributed by atoms with E-state index in [0.29, 0.717) is 18.8 Å². The van der Waals surface area contributed by atoms with Crippen LogP contribution in [0, 0.1) is 0 Å². The molecule has 0 aliphatic carbocycles. The van der Waals surface area contributed by atoms with Gasteiger partial charge in [-0.3, -0.25) is 4.79 Å². The first-order valence-electron chi connectivity index (χ1n) is 7.89. The van der Waals surface area contributed by atoms with Gasteiger partial charge in [0.1, 0.15) is 0 Å². The molecule has 1 heterocycles. The molecular weight excluding hydrogens is 354 g/mol. The molecule has 0 saturated carbocycles. The molecule has 0 fully saturated rings. The highest BCUT2D eigenvalue weighted by Gasteiger charge is 2.15. The van der Waals surface area contributed by atoms with Crippen LogP contribution in [0.25, 0.3) is 0 Å². The van der Waals surface area contributed by atoms with Crippen molar-refractivity contribution in [2.24, 2.45) is 0 Å². The van der Waals surface area contributed by atoms with Crippen molar-refractivity contribution in [1.29, 1.82) is 0 Å². The van der Waals surface area contributed by atoms with Crippen molar-refractivity contribution in [3.63, 3.8) is 0 Å². The molecule has 0 radical (unpaired) electrons. The summed E-state index contributed by atoms with van der Waals surface area (Å²) in [5, 5.41) is 14.9. The second kappa shape index (κ2) is 10.2. The summed E-state index contributed by atoms with van der Waals surface area (Å²) >= 11 is 2.83. The van der Waals surface area contributed by atoms with Gasteiger partial charge in [0.15, 0.2) is 4.34 Å². The summed E-state index contributed by atoms with van der Waals surface area (Å²) in [6.07, 6.45) is 1.76. The first-order valence-corrected chi connectivity index (χ1v) is 9.69. The van der Waals surface area contributed by atoms with E-state index in [1.54, 1.807) is 6.08 Å². The maximum atomic E-state index is 12.1. The monoisotopic (exact) mass is 377 g/mol. The number of anilines is 1. The molecule has 0 spiro atoms. The van der Waals surface area contributed by atoms with Crippen LogP contribution in [0.1, 0.15) is 11.6 Å². The molecule has 2 aromatic rings. The molecule has 1 aromatic heterocycles. The summed E-state index contributed by atoms with van der Waals surface area (Å²) in [7, 11) is 4.02. The highest BCUT2D eigenvalue weighted by molar-refractivity contribution is 8.01. The highest BCUT2D eigenvalue weighted by atomic mass is 32.2. The maximum absolute atomic E-state index is 12.1. The largest absolute Gasteiger partial charge is 0.357 e. The summed E-state index contributed by atoms with van der Waals surface area (Å²) < 4.78 is 0.772. The second-order valence-electron chi connectivity index (χ2n) is 5.53. The van der Waals surface area contributed by atoms with Crippen molar-refractivity contribution in [1.82, 2.24) is 20.4 Å². The van der Waals surface area contributed by atoms with E-state index in [1.165, 1.54) is 28.7 Å². The minimum Gasteiger partial charge on any atom is -0.357 e. The molecule has 2 rings (SSSR count). The van der Waals surface area contributed by atoms with E-state index in [9.17, 15) is 4.79 Å². The van der Waals surface area contributed by atoms with Crippen molar-refractivity contribution in [2.45, 2.75) is 10.4 Å². The minimum absolute atomic E-state index is 0.0106. The molecule has 1 aromatic carbocycles. The number of carbonyl (C=O) groups excluding carboxylic acids is 1. The Morgan fingerprint density at radius 2 is 2.12 bits per heavy atom. The predicted molar refractivity (Wildman–Crippen MR) is 105 cm³/mol. The second-order valence-corrected chi connectivity index (χ2v) is 7.73. The normalized spacial score (nSPS) is 12.0. The SMILES string of the molecule is C=CCNc1nnc(SCC(=O)NC[C@H](c2ccccc2)N(C)C)s1. The van der Waals surface area contributed by atoms with E-state index in [1.807, 2.05) is 32.3 Å². The quantitative estimate of drug-likeness (QED) is 0.490. The van der Waals surface area contributed by atoms with Crippen LogP contribution in [0.2, 0.25) is 0 Å². The van der Waals surface area contributed by atoms with Crippen molar-refractivity contribution >= 4 is 34.1 Å². The van der Waals surface area contributed by atoms with E-state index in [2.05, 4.69) is 44.4 Å². The molecule has 0 aliphatic heterocycles. The third-order valence-electron chi connectivity index (χ3n) is 3.43. The molecule has 0 bridgehead atoms. The van der Waals surface area contributed by atoms with Crippen LogP contribution in [0.5, 0.6) is 0 Å². The van der Waals surface area contributed by atoms with Crippen LogP contribution in [0.3, 0.4) is 0 Å². The lowest BCUT2D eigenvalue weighted by Crippen LogP contribution is -2.35. The topological polar surface area (TPSA) is 70.1 Å². The molecule has 25 heavy (non-hydrogen) atoms. The lowest BCUT2D eigenvalue weighted by Gasteiger charge is -2.25. The number of likely N-dealkylation sites (N-methyl/N-ethyl adjacent to an activating group) is 1. The van der Waals surface area contributed by atoms with Gasteiger partial charge in [0.05, 0.1) is 11.8 Å². The number of nitrogens with one attached hydrogen (secondary N) is 2. The fourth-order valence-electron chi connectivity index (χ4n) is 2.16. The van der Waals surface area contributed by atoms with Crippen molar-refractivity contribution < 1.29 is 4.79 Å². The number of thioether (sulfide) groups is 1. The Morgan fingerprint density at radius 1 is 1.36 bits per heavy atom. The number of carbonyl (C=O) groups is 1. The lowest BCUT2D eigenvalue weighted by molar-refractivity contribution is -0.118. The molecule has 1 atom stereocenters. The van der Waals surface area contributed by atoms with Gasteiger partial charge in [0.25, 0.3) is 0 Å². The molecule has 0 aliphatic rings. The van der Waals surface area contributed by atoms with Gasteiger partial charge >= 0.3 is 0 Å². The number of nitrogens with zero attached hydrogens (tertiary/aromatic N) is 3. The van der Waals surface area contributed by atoms with Gasteiger partial charge in [-0.15, -0.1) is 16.8 Å². The standard InChI is InChI=1S/C17H23N5OS2/c1-4-10-18-16-20-21-17(25-16)24-12-15(23)19-11-14(22(2)3)13-8-6-5-7-9-13/h4-9,14H,1,10-12H2,2-3H3,(H,18,20)(H,19,23)/t14-/m1/s1. The smallest absolute Gasteiger partial charge is 0.230 e. The minimum atomic E-state index is -0.0106. The maximum Gasteiger partial charge on any atom is 0.230 e. The van der Waals surface area contributed by atoms with Crippen molar-refractivity contribution in [3.8, 4) is 0 Å². The molecule has 8 heteroatoms. The van der Waals surface area contributed by atoms with Gasteiger partial charge < -0.3 is 15.5 Å². The molecule has 0 saturated heterocycles. The fourth-order valence-corrected chi connectivity index (χ4v) is 3.75. The van der Waals surface area contributed by atoms with Gasteiger partial charge in [-0.05, 0) is 19.7 Å².